The largest absolute Gasteiger partial charge is 0.461 e. The van der Waals surface area contributed by atoms with Gasteiger partial charge in [-0.05, 0) is 24.3 Å². The molecule has 4 rings (SSSR count). The summed E-state index contributed by atoms with van der Waals surface area (Å²) in [4.78, 5) is 4.32. The van der Waals surface area contributed by atoms with Gasteiger partial charge >= 0.3 is 6.55 Å². The molecule has 0 aliphatic rings. The molecule has 9 heteroatoms. The van der Waals surface area contributed by atoms with E-state index in [0.717, 1.165) is 4.57 Å². The lowest BCUT2D eigenvalue weighted by atomic mass is 10.3. The number of fused-ring (bicyclic) bond motifs is 1. The van der Waals surface area contributed by atoms with Crippen molar-refractivity contribution in [2.75, 3.05) is 0 Å². The van der Waals surface area contributed by atoms with Crippen LogP contribution in [0.3, 0.4) is 0 Å². The van der Waals surface area contributed by atoms with Crippen LogP contribution in [0.1, 0.15) is 12.4 Å². The molecule has 3 heterocycles. The van der Waals surface area contributed by atoms with E-state index in [-0.39, 0.29) is 5.75 Å². The maximum Gasteiger partial charge on any atom is 0.320 e. The first kappa shape index (κ1) is 15.8. The number of alkyl halides is 2. The smallest absolute Gasteiger partial charge is 0.320 e. The van der Waals surface area contributed by atoms with Crippen LogP contribution in [-0.4, -0.2) is 24.3 Å². The number of hydrogen-bond acceptors (Lipinski definition) is 5. The average Bonchev–Trinajstić information content (AvgIpc) is 3.30. The van der Waals surface area contributed by atoms with Crippen molar-refractivity contribution >= 4 is 22.8 Å². The van der Waals surface area contributed by atoms with Gasteiger partial charge in [0.05, 0.1) is 23.0 Å². The molecule has 0 N–H and O–H groups in total. The Hall–Kier alpha value is -2.68. The van der Waals surface area contributed by atoms with Crippen molar-refractivity contribution in [2.24, 2.45) is 7.05 Å². The summed E-state index contributed by atoms with van der Waals surface area (Å²) in [6.45, 7) is -2.65. The fraction of sp³-hybridized carbons (Fsp3) is 0.188. The second-order valence-corrected chi connectivity index (χ2v) is 6.24. The summed E-state index contributed by atoms with van der Waals surface area (Å²) in [7, 11) is 1.80. The molecular weight excluding hydrogens is 348 g/mol. The van der Waals surface area contributed by atoms with Gasteiger partial charge in [-0.15, -0.1) is 10.2 Å². The van der Waals surface area contributed by atoms with Gasteiger partial charge in [-0.3, -0.25) is 4.57 Å². The predicted molar refractivity (Wildman–Crippen MR) is 89.3 cm³/mol. The molecule has 0 spiro atoms. The van der Waals surface area contributed by atoms with Gasteiger partial charge in [0.2, 0.25) is 0 Å². The molecule has 4 aromatic rings. The number of halogens is 2. The number of rotatable bonds is 5. The van der Waals surface area contributed by atoms with E-state index < -0.39 is 6.55 Å². The molecule has 0 fully saturated rings. The lowest BCUT2D eigenvalue weighted by Crippen LogP contribution is -2.04. The van der Waals surface area contributed by atoms with E-state index in [1.807, 2.05) is 0 Å². The molecule has 0 aliphatic carbocycles. The quantitative estimate of drug-likeness (QED) is 0.501. The minimum Gasteiger partial charge on any atom is -0.461 e. The molecule has 1 aromatic carbocycles. The van der Waals surface area contributed by atoms with Crippen LogP contribution in [0.25, 0.3) is 22.6 Å². The average molecular weight is 361 g/mol. The van der Waals surface area contributed by atoms with Crippen LogP contribution in [0.15, 0.2) is 52.2 Å². The molecule has 0 saturated heterocycles. The van der Waals surface area contributed by atoms with Crippen molar-refractivity contribution in [3.8, 4) is 11.6 Å². The minimum atomic E-state index is -2.65. The molecule has 128 valence electrons. The summed E-state index contributed by atoms with van der Waals surface area (Å²) < 4.78 is 34.9. The van der Waals surface area contributed by atoms with E-state index in [4.69, 9.17) is 4.42 Å². The number of imidazole rings is 1. The van der Waals surface area contributed by atoms with E-state index in [0.29, 0.717) is 33.6 Å². The Bertz CT molecular complexity index is 1010. The van der Waals surface area contributed by atoms with Gasteiger partial charge in [-0.1, -0.05) is 23.9 Å². The number of para-hydroxylation sites is 2. The van der Waals surface area contributed by atoms with Gasteiger partial charge < -0.3 is 8.98 Å². The highest BCUT2D eigenvalue weighted by Gasteiger charge is 2.19. The van der Waals surface area contributed by atoms with Gasteiger partial charge in [0.15, 0.2) is 16.7 Å². The Balaban J connectivity index is 1.62. The lowest BCUT2D eigenvalue weighted by molar-refractivity contribution is 0.0722. The third-order valence-electron chi connectivity index (χ3n) is 3.77. The topological polar surface area (TPSA) is 61.7 Å². The van der Waals surface area contributed by atoms with Gasteiger partial charge in [0.25, 0.3) is 0 Å². The summed E-state index contributed by atoms with van der Waals surface area (Å²) in [6, 6.07) is 10.4. The molecule has 25 heavy (non-hydrogen) atoms. The standard InChI is InChI=1S/C16H13F2N5OS/c1-22-14(12-7-4-8-24-12)20-21-16(22)25-9-13-19-10-5-2-3-6-11(10)23(13)15(17)18/h2-8,15H,9H2,1H3. The maximum absolute atomic E-state index is 13.5. The van der Waals surface area contributed by atoms with Crippen LogP contribution < -0.4 is 0 Å². The molecule has 0 saturated carbocycles. The number of aromatic nitrogens is 5. The fourth-order valence-corrected chi connectivity index (χ4v) is 3.44. The second kappa shape index (κ2) is 6.32. The van der Waals surface area contributed by atoms with Gasteiger partial charge in [-0.25, -0.2) is 4.98 Å². The third kappa shape index (κ3) is 2.80. The van der Waals surface area contributed by atoms with Crippen LogP contribution in [0.4, 0.5) is 8.78 Å². The first-order chi connectivity index (χ1) is 12.1. The number of hydrogen-bond donors (Lipinski definition) is 0. The first-order valence-electron chi connectivity index (χ1n) is 7.45. The van der Waals surface area contributed by atoms with Crippen LogP contribution in [0, 0.1) is 0 Å². The molecular formula is C16H13F2N5OS. The molecule has 0 bridgehead atoms. The number of furan rings is 1. The molecule has 0 atom stereocenters. The molecule has 0 amide bonds. The van der Waals surface area contributed by atoms with E-state index >= 15 is 0 Å². The highest BCUT2D eigenvalue weighted by Crippen LogP contribution is 2.29. The van der Waals surface area contributed by atoms with E-state index in [1.54, 1.807) is 54.3 Å². The minimum absolute atomic E-state index is 0.253. The van der Waals surface area contributed by atoms with Crippen molar-refractivity contribution < 1.29 is 13.2 Å². The fourth-order valence-electron chi connectivity index (χ4n) is 2.60. The number of nitrogens with zero attached hydrogens (tertiary/aromatic N) is 5. The van der Waals surface area contributed by atoms with Gasteiger partial charge in [0, 0.05) is 7.05 Å². The molecule has 0 aliphatic heterocycles. The number of benzene rings is 1. The molecule has 6 nitrogen and oxygen atoms in total. The summed E-state index contributed by atoms with van der Waals surface area (Å²) >= 11 is 1.30. The van der Waals surface area contributed by atoms with Crippen molar-refractivity contribution in [2.45, 2.75) is 17.5 Å². The second-order valence-electron chi connectivity index (χ2n) is 5.30. The third-order valence-corrected chi connectivity index (χ3v) is 4.79. The van der Waals surface area contributed by atoms with Crippen LogP contribution in [0.2, 0.25) is 0 Å². The SMILES string of the molecule is Cn1c(SCc2nc3ccccc3n2C(F)F)nnc1-c1ccco1. The van der Waals surface area contributed by atoms with Crippen molar-refractivity contribution in [3.05, 3.63) is 48.5 Å². The Labute approximate surface area is 145 Å². The molecule has 0 radical (unpaired) electrons. The zero-order chi connectivity index (χ0) is 17.4. The Morgan fingerprint density at radius 3 is 2.76 bits per heavy atom. The van der Waals surface area contributed by atoms with Gasteiger partial charge in [0.1, 0.15) is 5.82 Å². The zero-order valence-corrected chi connectivity index (χ0v) is 14.0. The highest BCUT2D eigenvalue weighted by atomic mass is 32.2. The summed E-state index contributed by atoms with van der Waals surface area (Å²) in [5.74, 6) is 1.73. The van der Waals surface area contributed by atoms with E-state index in [2.05, 4.69) is 15.2 Å². The van der Waals surface area contributed by atoms with Crippen LogP contribution in [0.5, 0.6) is 0 Å². The normalized spacial score (nSPS) is 11.7. The Kier molecular flexibility index (Phi) is 4.00. The Morgan fingerprint density at radius 1 is 1.16 bits per heavy atom. The van der Waals surface area contributed by atoms with E-state index in [9.17, 15) is 8.78 Å². The zero-order valence-electron chi connectivity index (χ0n) is 13.1. The first-order valence-corrected chi connectivity index (χ1v) is 8.44. The predicted octanol–water partition coefficient (Wildman–Crippen LogP) is 4.11. The lowest BCUT2D eigenvalue weighted by Gasteiger charge is -2.07. The number of thioether (sulfide) groups is 1. The Morgan fingerprint density at radius 2 is 2.00 bits per heavy atom. The van der Waals surface area contributed by atoms with Crippen molar-refractivity contribution in [1.82, 2.24) is 24.3 Å². The van der Waals surface area contributed by atoms with Gasteiger partial charge in [-0.2, -0.15) is 8.78 Å². The van der Waals surface area contributed by atoms with Crippen molar-refractivity contribution in [3.63, 3.8) is 0 Å². The summed E-state index contributed by atoms with van der Waals surface area (Å²) in [5.41, 5.74) is 0.968. The maximum atomic E-state index is 13.5. The summed E-state index contributed by atoms with van der Waals surface area (Å²) in [5, 5.41) is 8.80. The highest BCUT2D eigenvalue weighted by molar-refractivity contribution is 7.98. The molecule has 3 aromatic heterocycles. The van der Waals surface area contributed by atoms with E-state index in [1.165, 1.54) is 11.8 Å². The molecule has 0 unspecified atom stereocenters. The monoisotopic (exact) mass is 361 g/mol. The summed E-state index contributed by atoms with van der Waals surface area (Å²) in [6.07, 6.45) is 1.56. The van der Waals surface area contributed by atoms with Crippen molar-refractivity contribution in [1.29, 1.82) is 0 Å². The van der Waals surface area contributed by atoms with Crippen LogP contribution >= 0.6 is 11.8 Å². The van der Waals surface area contributed by atoms with Crippen LogP contribution in [-0.2, 0) is 12.8 Å².